The Morgan fingerprint density at radius 2 is 1.85 bits per heavy atom. The Morgan fingerprint density at radius 1 is 1.12 bits per heavy atom. The van der Waals surface area contributed by atoms with Gasteiger partial charge in [0.1, 0.15) is 0 Å². The third kappa shape index (κ3) is 4.31. The van der Waals surface area contributed by atoms with Crippen LogP contribution in [0.3, 0.4) is 0 Å². The summed E-state index contributed by atoms with van der Waals surface area (Å²) in [6.45, 7) is 0.170. The number of sulfonamides is 1. The van der Waals surface area contributed by atoms with Crippen LogP contribution in [0.2, 0.25) is 0 Å². The molecule has 2 aromatic carbocycles. The van der Waals surface area contributed by atoms with Crippen molar-refractivity contribution in [3.8, 4) is 0 Å². The smallest absolute Gasteiger partial charge is 0.408 e. The molecule has 0 unspecified atom stereocenters. The van der Waals surface area contributed by atoms with Crippen LogP contribution < -0.4 is 15.8 Å². The second-order valence-corrected chi connectivity index (χ2v) is 7.49. The average Bonchev–Trinajstić information content (AvgIpc) is 2.87. The molecule has 9 heteroatoms. The normalized spacial score (nSPS) is 11.4. The standard InChI is InChI=1S/C17H17N3O5S/c1-26(23,24)19-13-6-4-5-12(11-13)18-16(21)9-10-20-14-7-2-3-8-15(14)25-17(20)22/h2-8,11,19H,9-10H2,1H3,(H,18,21). The maximum Gasteiger partial charge on any atom is 0.419 e. The van der Waals surface area contributed by atoms with Crippen LogP contribution in [-0.4, -0.2) is 25.1 Å². The van der Waals surface area contributed by atoms with E-state index in [1.54, 1.807) is 42.5 Å². The van der Waals surface area contributed by atoms with Crippen molar-refractivity contribution in [3.63, 3.8) is 0 Å². The maximum atomic E-state index is 12.2. The molecule has 0 bridgehead atoms. The number of nitrogens with zero attached hydrogens (tertiary/aromatic N) is 1. The fourth-order valence-electron chi connectivity index (χ4n) is 2.54. The zero-order chi connectivity index (χ0) is 18.7. The van der Waals surface area contributed by atoms with Crippen LogP contribution in [0.4, 0.5) is 11.4 Å². The van der Waals surface area contributed by atoms with Crippen LogP contribution in [-0.2, 0) is 21.4 Å². The number of carbonyl (C=O) groups excluding carboxylic acids is 1. The molecule has 0 aliphatic carbocycles. The van der Waals surface area contributed by atoms with Crippen molar-refractivity contribution < 1.29 is 17.6 Å². The summed E-state index contributed by atoms with van der Waals surface area (Å²) in [4.78, 5) is 24.0. The van der Waals surface area contributed by atoms with Crippen LogP contribution in [0, 0.1) is 0 Å². The molecule has 0 spiro atoms. The first-order valence-corrected chi connectivity index (χ1v) is 9.67. The van der Waals surface area contributed by atoms with E-state index in [1.165, 1.54) is 10.6 Å². The molecule has 3 rings (SSSR count). The zero-order valence-electron chi connectivity index (χ0n) is 13.9. The van der Waals surface area contributed by atoms with Crippen molar-refractivity contribution in [1.82, 2.24) is 4.57 Å². The van der Waals surface area contributed by atoms with Gasteiger partial charge in [0.05, 0.1) is 17.5 Å². The second kappa shape index (κ2) is 7.04. The largest absolute Gasteiger partial charge is 0.419 e. The maximum absolute atomic E-state index is 12.2. The first-order valence-electron chi connectivity index (χ1n) is 7.78. The first kappa shape index (κ1) is 17.7. The number of hydrogen-bond donors (Lipinski definition) is 2. The minimum atomic E-state index is -3.40. The summed E-state index contributed by atoms with van der Waals surface area (Å²) in [5.74, 6) is -0.822. The van der Waals surface area contributed by atoms with E-state index in [-0.39, 0.29) is 18.9 Å². The molecule has 0 atom stereocenters. The van der Waals surface area contributed by atoms with Gasteiger partial charge in [-0.15, -0.1) is 0 Å². The van der Waals surface area contributed by atoms with Crippen molar-refractivity contribution in [2.45, 2.75) is 13.0 Å². The number of fused-ring (bicyclic) bond motifs is 1. The Morgan fingerprint density at radius 3 is 2.62 bits per heavy atom. The molecule has 0 radical (unpaired) electrons. The lowest BCUT2D eigenvalue weighted by molar-refractivity contribution is -0.116. The van der Waals surface area contributed by atoms with Crippen molar-refractivity contribution in [2.75, 3.05) is 16.3 Å². The highest BCUT2D eigenvalue weighted by Crippen LogP contribution is 2.17. The summed E-state index contributed by atoms with van der Waals surface area (Å²) in [7, 11) is -3.40. The summed E-state index contributed by atoms with van der Waals surface area (Å²) in [6.07, 6.45) is 1.11. The van der Waals surface area contributed by atoms with Gasteiger partial charge in [0, 0.05) is 18.7 Å². The van der Waals surface area contributed by atoms with E-state index in [1.807, 2.05) is 0 Å². The number of para-hydroxylation sites is 2. The number of nitrogens with one attached hydrogen (secondary N) is 2. The number of carbonyl (C=O) groups is 1. The molecule has 0 saturated carbocycles. The van der Waals surface area contributed by atoms with Gasteiger partial charge in [0.2, 0.25) is 15.9 Å². The highest BCUT2D eigenvalue weighted by Gasteiger charge is 2.11. The van der Waals surface area contributed by atoms with Crippen LogP contribution in [0.1, 0.15) is 6.42 Å². The molecule has 26 heavy (non-hydrogen) atoms. The minimum Gasteiger partial charge on any atom is -0.408 e. The number of anilines is 2. The number of amides is 1. The van der Waals surface area contributed by atoms with E-state index in [0.717, 1.165) is 6.26 Å². The molecule has 136 valence electrons. The number of aromatic nitrogens is 1. The third-order valence-corrected chi connectivity index (χ3v) is 4.19. The number of aryl methyl sites for hydroxylation is 1. The molecule has 8 nitrogen and oxygen atoms in total. The zero-order valence-corrected chi connectivity index (χ0v) is 14.7. The van der Waals surface area contributed by atoms with E-state index < -0.39 is 15.8 Å². The molecular weight excluding hydrogens is 358 g/mol. The number of hydrogen-bond acceptors (Lipinski definition) is 5. The summed E-state index contributed by atoms with van der Waals surface area (Å²) in [6, 6.07) is 13.3. The number of rotatable bonds is 6. The van der Waals surface area contributed by atoms with Crippen molar-refractivity contribution in [3.05, 3.63) is 59.1 Å². The molecule has 2 N–H and O–H groups in total. The Bertz CT molecular complexity index is 1110. The van der Waals surface area contributed by atoms with E-state index >= 15 is 0 Å². The van der Waals surface area contributed by atoms with Gasteiger partial charge >= 0.3 is 5.76 Å². The summed E-state index contributed by atoms with van der Waals surface area (Å²) in [5.41, 5.74) is 1.90. The lowest BCUT2D eigenvalue weighted by Crippen LogP contribution is -2.20. The molecule has 0 aliphatic heterocycles. The Balaban J connectivity index is 1.67. The van der Waals surface area contributed by atoms with Gasteiger partial charge in [0.15, 0.2) is 5.58 Å². The average molecular weight is 375 g/mol. The van der Waals surface area contributed by atoms with E-state index in [2.05, 4.69) is 10.0 Å². The quantitative estimate of drug-likeness (QED) is 0.685. The van der Waals surface area contributed by atoms with Crippen LogP contribution in [0.15, 0.2) is 57.7 Å². The van der Waals surface area contributed by atoms with E-state index in [4.69, 9.17) is 4.42 Å². The van der Waals surface area contributed by atoms with Gasteiger partial charge in [-0.2, -0.15) is 0 Å². The Labute approximate surface area is 149 Å². The minimum absolute atomic E-state index is 0.0627. The second-order valence-electron chi connectivity index (χ2n) is 5.74. The molecule has 0 saturated heterocycles. The topological polar surface area (TPSA) is 110 Å². The van der Waals surface area contributed by atoms with Crippen molar-refractivity contribution in [2.24, 2.45) is 0 Å². The predicted molar refractivity (Wildman–Crippen MR) is 98.6 cm³/mol. The molecule has 0 fully saturated rings. The lowest BCUT2D eigenvalue weighted by Gasteiger charge is -2.08. The van der Waals surface area contributed by atoms with Crippen molar-refractivity contribution in [1.29, 1.82) is 0 Å². The molecule has 1 heterocycles. The number of benzene rings is 2. The highest BCUT2D eigenvalue weighted by atomic mass is 32.2. The van der Waals surface area contributed by atoms with Gasteiger partial charge < -0.3 is 9.73 Å². The summed E-state index contributed by atoms with van der Waals surface area (Å²) < 4.78 is 31.4. The third-order valence-electron chi connectivity index (χ3n) is 3.59. The van der Waals surface area contributed by atoms with Crippen LogP contribution in [0.5, 0.6) is 0 Å². The molecule has 1 amide bonds. The fraction of sp³-hybridized carbons (Fsp3) is 0.176. The van der Waals surface area contributed by atoms with E-state index in [9.17, 15) is 18.0 Å². The molecule has 1 aromatic heterocycles. The summed E-state index contributed by atoms with van der Waals surface area (Å²) >= 11 is 0. The fourth-order valence-corrected chi connectivity index (χ4v) is 3.09. The van der Waals surface area contributed by atoms with E-state index in [0.29, 0.717) is 22.5 Å². The van der Waals surface area contributed by atoms with Gasteiger partial charge in [-0.05, 0) is 30.3 Å². The van der Waals surface area contributed by atoms with Crippen molar-refractivity contribution >= 4 is 38.4 Å². The van der Waals surface area contributed by atoms with Crippen LogP contribution in [0.25, 0.3) is 11.1 Å². The monoisotopic (exact) mass is 375 g/mol. The number of oxazole rings is 1. The SMILES string of the molecule is CS(=O)(=O)Nc1cccc(NC(=O)CCn2c(=O)oc3ccccc32)c1. The van der Waals surface area contributed by atoms with Gasteiger partial charge in [-0.1, -0.05) is 18.2 Å². The predicted octanol–water partition coefficient (Wildman–Crippen LogP) is 1.99. The molecule has 3 aromatic rings. The summed E-state index contributed by atoms with van der Waals surface area (Å²) in [5, 5.41) is 2.68. The Kier molecular flexibility index (Phi) is 4.81. The van der Waals surface area contributed by atoms with Gasteiger partial charge in [-0.3, -0.25) is 14.1 Å². The molecule has 0 aliphatic rings. The Hall–Kier alpha value is -3.07. The lowest BCUT2D eigenvalue weighted by atomic mass is 10.2. The van der Waals surface area contributed by atoms with Crippen LogP contribution >= 0.6 is 0 Å². The first-order chi connectivity index (χ1) is 12.3. The van der Waals surface area contributed by atoms with Gasteiger partial charge in [-0.25, -0.2) is 13.2 Å². The highest BCUT2D eigenvalue weighted by molar-refractivity contribution is 7.92. The molecular formula is C17H17N3O5S. The van der Waals surface area contributed by atoms with Gasteiger partial charge in [0.25, 0.3) is 0 Å².